The lowest BCUT2D eigenvalue weighted by atomic mass is 9.89. The van der Waals surface area contributed by atoms with Crippen LogP contribution >= 0.6 is 0 Å². The van der Waals surface area contributed by atoms with Crippen LogP contribution < -0.4 is 0 Å². The predicted octanol–water partition coefficient (Wildman–Crippen LogP) is 3.11. The van der Waals surface area contributed by atoms with E-state index in [1.807, 2.05) is 6.08 Å². The van der Waals surface area contributed by atoms with Crippen molar-refractivity contribution in [3.8, 4) is 0 Å². The predicted molar refractivity (Wildman–Crippen MR) is 80.1 cm³/mol. The summed E-state index contributed by atoms with van der Waals surface area (Å²) in [5.74, 6) is -1.59. The zero-order valence-electron chi connectivity index (χ0n) is 13.2. The molecule has 1 aliphatic carbocycles. The van der Waals surface area contributed by atoms with Crippen LogP contribution in [0.5, 0.6) is 0 Å². The van der Waals surface area contributed by atoms with Crippen molar-refractivity contribution < 1.29 is 32.5 Å². The molecule has 0 heterocycles. The molecule has 1 aliphatic rings. The molecule has 2 atom stereocenters. The van der Waals surface area contributed by atoms with Gasteiger partial charge in [0.25, 0.3) is 5.60 Å². The van der Waals surface area contributed by atoms with Crippen LogP contribution in [-0.4, -0.2) is 36.6 Å². The zero-order chi connectivity index (χ0) is 17.8. The highest BCUT2D eigenvalue weighted by molar-refractivity contribution is 5.82. The first-order chi connectivity index (χ1) is 11.3. The van der Waals surface area contributed by atoms with Gasteiger partial charge in [-0.15, -0.1) is 0 Å². The van der Waals surface area contributed by atoms with Gasteiger partial charge in [-0.3, -0.25) is 0 Å². The van der Waals surface area contributed by atoms with Crippen LogP contribution in [0.25, 0.3) is 0 Å². The summed E-state index contributed by atoms with van der Waals surface area (Å²) >= 11 is 0. The lowest BCUT2D eigenvalue weighted by Crippen LogP contribution is -2.52. The molecular weight excluding hydrogens is 325 g/mol. The number of ether oxygens (including phenoxy) is 2. The maximum atomic E-state index is 13.7. The first kappa shape index (κ1) is 18.5. The fourth-order valence-corrected chi connectivity index (χ4v) is 2.69. The third kappa shape index (κ3) is 3.47. The number of esters is 1. The molecule has 4 nitrogen and oxygen atoms in total. The van der Waals surface area contributed by atoms with Gasteiger partial charge in [-0.05, 0) is 19.3 Å². The van der Waals surface area contributed by atoms with Crippen LogP contribution in [0.2, 0.25) is 0 Å². The smallest absolute Gasteiger partial charge is 0.432 e. The number of halogens is 3. The first-order valence-electron chi connectivity index (χ1n) is 7.47. The molecule has 0 bridgehead atoms. The number of benzene rings is 1. The highest BCUT2D eigenvalue weighted by Crippen LogP contribution is 2.43. The van der Waals surface area contributed by atoms with E-state index in [9.17, 15) is 23.1 Å². The molecule has 0 saturated carbocycles. The lowest BCUT2D eigenvalue weighted by Gasteiger charge is -2.34. The van der Waals surface area contributed by atoms with Crippen molar-refractivity contribution in [3.63, 3.8) is 0 Å². The molecule has 2 rings (SSSR count). The fourth-order valence-electron chi connectivity index (χ4n) is 2.69. The SMILES string of the molecule is CO[C@@](C(=O)OC[C@]1(O)CC=CCC1)(c1ccccc1)C(F)(F)F. The largest absolute Gasteiger partial charge is 0.460 e. The first-order valence-corrected chi connectivity index (χ1v) is 7.47. The van der Waals surface area contributed by atoms with Gasteiger partial charge in [-0.2, -0.15) is 13.2 Å². The monoisotopic (exact) mass is 344 g/mol. The van der Waals surface area contributed by atoms with E-state index in [1.165, 1.54) is 18.2 Å². The Bertz CT molecular complexity index is 600. The molecule has 0 aliphatic heterocycles. The van der Waals surface area contributed by atoms with E-state index in [-0.39, 0.29) is 12.0 Å². The van der Waals surface area contributed by atoms with Crippen LogP contribution in [0.3, 0.4) is 0 Å². The summed E-state index contributed by atoms with van der Waals surface area (Å²) in [5, 5.41) is 10.3. The molecule has 1 aromatic carbocycles. The standard InChI is InChI=1S/C17H19F3O4/c1-23-16(17(18,19)20,13-8-4-2-5-9-13)14(21)24-12-15(22)10-6-3-7-11-15/h2-6,8-9,22H,7,10-12H2,1H3/t15-,16+/m0/s1. The number of hydrogen-bond donors (Lipinski definition) is 1. The summed E-state index contributed by atoms with van der Waals surface area (Å²) in [5.41, 5.74) is -4.96. The average Bonchev–Trinajstić information content (AvgIpc) is 2.55. The van der Waals surface area contributed by atoms with Crippen molar-refractivity contribution in [1.82, 2.24) is 0 Å². The highest BCUT2D eigenvalue weighted by atomic mass is 19.4. The molecule has 7 heteroatoms. The summed E-state index contributed by atoms with van der Waals surface area (Å²) in [6.07, 6.45) is -0.347. The number of alkyl halides is 3. The van der Waals surface area contributed by atoms with Gasteiger partial charge in [0.1, 0.15) is 12.2 Å². The number of carbonyl (C=O) groups is 1. The van der Waals surface area contributed by atoms with E-state index in [1.54, 1.807) is 6.08 Å². The third-order valence-corrected chi connectivity index (χ3v) is 4.09. The molecule has 0 amide bonds. The van der Waals surface area contributed by atoms with Crippen LogP contribution in [-0.2, 0) is 19.9 Å². The lowest BCUT2D eigenvalue weighted by molar-refractivity contribution is -0.278. The van der Waals surface area contributed by atoms with Gasteiger partial charge >= 0.3 is 12.1 Å². The van der Waals surface area contributed by atoms with Gasteiger partial charge in [0, 0.05) is 12.7 Å². The molecule has 1 aromatic rings. The molecule has 0 fully saturated rings. The second-order valence-corrected chi connectivity index (χ2v) is 5.76. The Balaban J connectivity index is 2.27. The summed E-state index contributed by atoms with van der Waals surface area (Å²) in [6.45, 7) is -0.524. The summed E-state index contributed by atoms with van der Waals surface area (Å²) < 4.78 is 50.5. The number of allylic oxidation sites excluding steroid dienone is 1. The van der Waals surface area contributed by atoms with Gasteiger partial charge in [0.15, 0.2) is 0 Å². The van der Waals surface area contributed by atoms with E-state index in [0.29, 0.717) is 12.8 Å². The Morgan fingerprint density at radius 3 is 2.42 bits per heavy atom. The minimum absolute atomic E-state index is 0.220. The van der Waals surface area contributed by atoms with E-state index >= 15 is 0 Å². The van der Waals surface area contributed by atoms with Crippen LogP contribution in [0.4, 0.5) is 13.2 Å². The van der Waals surface area contributed by atoms with Gasteiger partial charge in [0.05, 0.1) is 0 Å². The molecule has 0 unspecified atom stereocenters. The van der Waals surface area contributed by atoms with Gasteiger partial charge in [0.2, 0.25) is 0 Å². The molecule has 132 valence electrons. The van der Waals surface area contributed by atoms with E-state index in [4.69, 9.17) is 4.74 Å². The van der Waals surface area contributed by atoms with Gasteiger partial charge in [-0.1, -0.05) is 42.5 Å². The number of rotatable bonds is 5. The minimum atomic E-state index is -5.02. The Hall–Kier alpha value is -1.86. The Labute approximate surface area is 137 Å². The van der Waals surface area contributed by atoms with E-state index in [0.717, 1.165) is 19.2 Å². The second kappa shape index (κ2) is 6.94. The van der Waals surface area contributed by atoms with Gasteiger partial charge < -0.3 is 14.6 Å². The Morgan fingerprint density at radius 1 is 1.25 bits per heavy atom. The van der Waals surface area contributed by atoms with Crippen molar-refractivity contribution in [2.24, 2.45) is 0 Å². The fraction of sp³-hybridized carbons (Fsp3) is 0.471. The highest BCUT2D eigenvalue weighted by Gasteiger charge is 2.64. The van der Waals surface area contributed by atoms with Crippen molar-refractivity contribution in [1.29, 1.82) is 0 Å². The van der Waals surface area contributed by atoms with Crippen molar-refractivity contribution in [2.75, 3.05) is 13.7 Å². The Morgan fingerprint density at radius 2 is 1.92 bits per heavy atom. The molecule has 0 saturated heterocycles. The normalized spacial score (nSPS) is 23.5. The summed E-state index contributed by atoms with van der Waals surface area (Å²) in [7, 11) is 0.805. The zero-order valence-corrected chi connectivity index (χ0v) is 13.2. The van der Waals surface area contributed by atoms with Crippen LogP contribution in [0, 0.1) is 0 Å². The third-order valence-electron chi connectivity index (χ3n) is 4.09. The quantitative estimate of drug-likeness (QED) is 0.659. The molecule has 1 N–H and O–H groups in total. The molecule has 0 radical (unpaired) electrons. The Kier molecular flexibility index (Phi) is 5.35. The van der Waals surface area contributed by atoms with Crippen molar-refractivity contribution in [2.45, 2.75) is 36.6 Å². The number of methoxy groups -OCH3 is 1. The minimum Gasteiger partial charge on any atom is -0.460 e. The second-order valence-electron chi connectivity index (χ2n) is 5.76. The molecular formula is C17H19F3O4. The summed E-state index contributed by atoms with van der Waals surface area (Å²) in [6, 6.07) is 6.58. The summed E-state index contributed by atoms with van der Waals surface area (Å²) in [4.78, 5) is 12.3. The number of aliphatic hydroxyl groups is 1. The van der Waals surface area contributed by atoms with Crippen molar-refractivity contribution >= 4 is 5.97 Å². The van der Waals surface area contributed by atoms with Crippen LogP contribution in [0.15, 0.2) is 42.5 Å². The maximum absolute atomic E-state index is 13.7. The van der Waals surface area contributed by atoms with E-state index < -0.39 is 30.0 Å². The number of carbonyl (C=O) groups excluding carboxylic acids is 1. The van der Waals surface area contributed by atoms with Crippen molar-refractivity contribution in [3.05, 3.63) is 48.0 Å². The number of hydrogen-bond acceptors (Lipinski definition) is 4. The molecule has 24 heavy (non-hydrogen) atoms. The maximum Gasteiger partial charge on any atom is 0.432 e. The topological polar surface area (TPSA) is 55.8 Å². The van der Waals surface area contributed by atoms with E-state index in [2.05, 4.69) is 4.74 Å². The molecule has 0 spiro atoms. The van der Waals surface area contributed by atoms with Crippen LogP contribution in [0.1, 0.15) is 24.8 Å². The average molecular weight is 344 g/mol. The van der Waals surface area contributed by atoms with Gasteiger partial charge in [-0.25, -0.2) is 4.79 Å². The molecule has 0 aromatic heterocycles.